The average molecular weight is 380 g/mol. The van der Waals surface area contributed by atoms with Crippen molar-refractivity contribution in [1.29, 1.82) is 0 Å². The maximum absolute atomic E-state index is 10.9. The molecule has 0 amide bonds. The van der Waals surface area contributed by atoms with Crippen LogP contribution in [-0.4, -0.2) is 36.1 Å². The van der Waals surface area contributed by atoms with Gasteiger partial charge in [0.1, 0.15) is 6.29 Å². The number of amidine groups is 1. The van der Waals surface area contributed by atoms with E-state index in [2.05, 4.69) is 34.3 Å². The highest BCUT2D eigenvalue weighted by molar-refractivity contribution is 5.99. The zero-order chi connectivity index (χ0) is 20.2. The number of rotatable bonds is 9. The van der Waals surface area contributed by atoms with Crippen LogP contribution in [-0.2, 0) is 6.54 Å². The lowest BCUT2D eigenvalue weighted by Gasteiger charge is -2.25. The van der Waals surface area contributed by atoms with E-state index in [1.807, 2.05) is 42.5 Å². The summed E-state index contributed by atoms with van der Waals surface area (Å²) < 4.78 is 0. The zero-order valence-corrected chi connectivity index (χ0v) is 16.6. The van der Waals surface area contributed by atoms with E-state index < -0.39 is 0 Å². The van der Waals surface area contributed by atoms with Crippen molar-refractivity contribution < 1.29 is 4.79 Å². The predicted octanol–water partition coefficient (Wildman–Crippen LogP) is 3.39. The Hall–Kier alpha value is -3.15. The summed E-state index contributed by atoms with van der Waals surface area (Å²) in [5, 5.41) is 4.55. The molecule has 2 rings (SSSR count). The molecule has 2 aromatic rings. The van der Waals surface area contributed by atoms with Gasteiger partial charge < -0.3 is 10.6 Å². The minimum absolute atomic E-state index is 0.263. The van der Waals surface area contributed by atoms with Gasteiger partial charge in [-0.05, 0) is 18.4 Å². The molecule has 28 heavy (non-hydrogen) atoms. The fourth-order valence-corrected chi connectivity index (χ4v) is 2.80. The summed E-state index contributed by atoms with van der Waals surface area (Å²) in [7, 11) is 0. The molecule has 0 unspecified atom stereocenters. The molecule has 0 fully saturated rings. The first-order valence-electron chi connectivity index (χ1n) is 9.66. The molecule has 148 valence electrons. The van der Waals surface area contributed by atoms with E-state index >= 15 is 0 Å². The lowest BCUT2D eigenvalue weighted by Crippen LogP contribution is -2.37. The molecule has 0 aliphatic rings. The van der Waals surface area contributed by atoms with Crippen LogP contribution in [0.3, 0.4) is 0 Å². The predicted molar refractivity (Wildman–Crippen MR) is 115 cm³/mol. The minimum atomic E-state index is 0.263. The minimum Gasteiger partial charge on any atom is -0.369 e. The molecule has 0 atom stereocenters. The Morgan fingerprint density at radius 3 is 2.25 bits per heavy atom. The fourth-order valence-electron chi connectivity index (χ4n) is 2.80. The fraction of sp³-hybridized carbons (Fsp3) is 0.318. The van der Waals surface area contributed by atoms with E-state index in [0.29, 0.717) is 12.1 Å². The van der Waals surface area contributed by atoms with Crippen molar-refractivity contribution in [1.82, 2.24) is 10.3 Å². The topological polar surface area (TPSA) is 83.1 Å². The molecule has 0 spiro atoms. The highest BCUT2D eigenvalue weighted by atomic mass is 16.1. The third kappa shape index (κ3) is 6.54. The van der Waals surface area contributed by atoms with E-state index in [4.69, 9.17) is 5.73 Å². The van der Waals surface area contributed by atoms with Gasteiger partial charge in [-0.3, -0.25) is 4.79 Å². The smallest absolute Gasteiger partial charge is 0.209 e. The summed E-state index contributed by atoms with van der Waals surface area (Å²) in [5.41, 5.74) is 11.5. The zero-order valence-electron chi connectivity index (χ0n) is 16.6. The third-order valence-electron chi connectivity index (χ3n) is 4.14. The Labute approximate surface area is 167 Å². The van der Waals surface area contributed by atoms with Gasteiger partial charge in [-0.25, -0.2) is 10.4 Å². The van der Waals surface area contributed by atoms with E-state index in [1.54, 1.807) is 12.1 Å². The van der Waals surface area contributed by atoms with Crippen LogP contribution < -0.4 is 11.2 Å². The van der Waals surface area contributed by atoms with Crippen molar-refractivity contribution in [2.24, 2.45) is 15.8 Å². The monoisotopic (exact) mass is 379 g/mol. The Bertz CT molecular complexity index is 778. The number of aliphatic imine (C=N–C) groups is 1. The molecule has 6 heteroatoms. The number of guanidine groups is 1. The van der Waals surface area contributed by atoms with Crippen LogP contribution in [0.25, 0.3) is 0 Å². The SMILES string of the molecule is CCCN(CCC)C(=NNC(N)=NCc1ccccc1)c1ccc(C=O)cc1. The van der Waals surface area contributed by atoms with Crippen molar-refractivity contribution in [3.8, 4) is 0 Å². The number of hydrogen-bond acceptors (Lipinski definition) is 3. The number of carbonyl (C=O) groups is 1. The molecule has 0 bridgehead atoms. The van der Waals surface area contributed by atoms with Gasteiger partial charge in [0.2, 0.25) is 5.96 Å². The standard InChI is InChI=1S/C22H29N5O/c1-3-14-27(15-4-2)21(20-12-10-19(17-28)11-13-20)25-26-22(23)24-16-18-8-6-5-7-9-18/h5-13,17H,3-4,14-16H2,1-2H3,(H3,23,24,26). The molecule has 0 saturated heterocycles. The lowest BCUT2D eigenvalue weighted by molar-refractivity contribution is 0.112. The normalized spacial score (nSPS) is 11.9. The molecule has 3 N–H and O–H groups in total. The number of aldehydes is 1. The average Bonchev–Trinajstić information content (AvgIpc) is 2.74. The molecule has 2 aromatic carbocycles. The molecule has 0 saturated carbocycles. The summed E-state index contributed by atoms with van der Waals surface area (Å²) in [6.45, 7) is 6.53. The number of nitrogens with one attached hydrogen (secondary N) is 1. The molecule has 0 aromatic heterocycles. The molecule has 6 nitrogen and oxygen atoms in total. The highest BCUT2D eigenvalue weighted by Crippen LogP contribution is 2.09. The molecule has 0 heterocycles. The lowest BCUT2D eigenvalue weighted by atomic mass is 10.1. The van der Waals surface area contributed by atoms with Crippen molar-refractivity contribution in [2.75, 3.05) is 13.1 Å². The van der Waals surface area contributed by atoms with Crippen LogP contribution in [0.5, 0.6) is 0 Å². The molecular formula is C22H29N5O. The van der Waals surface area contributed by atoms with Crippen molar-refractivity contribution in [3.05, 3.63) is 71.3 Å². The largest absolute Gasteiger partial charge is 0.369 e. The van der Waals surface area contributed by atoms with Crippen LogP contribution in [0.1, 0.15) is 48.2 Å². The quantitative estimate of drug-likeness (QED) is 0.303. The van der Waals surface area contributed by atoms with Crippen molar-refractivity contribution in [2.45, 2.75) is 33.2 Å². The van der Waals surface area contributed by atoms with E-state index in [9.17, 15) is 4.79 Å². The molecule has 0 radical (unpaired) electrons. The van der Waals surface area contributed by atoms with Crippen LogP contribution in [0.4, 0.5) is 0 Å². The number of hydrogen-bond donors (Lipinski definition) is 2. The van der Waals surface area contributed by atoms with Crippen molar-refractivity contribution >= 4 is 18.1 Å². The van der Waals surface area contributed by atoms with Gasteiger partial charge in [0.15, 0.2) is 5.84 Å². The molecule has 0 aliphatic heterocycles. The Morgan fingerprint density at radius 1 is 1.04 bits per heavy atom. The summed E-state index contributed by atoms with van der Waals surface area (Å²) >= 11 is 0. The summed E-state index contributed by atoms with van der Waals surface area (Å²) in [6.07, 6.45) is 2.84. The second-order valence-electron chi connectivity index (χ2n) is 6.46. The third-order valence-corrected chi connectivity index (χ3v) is 4.14. The second kappa shape index (κ2) is 11.5. The Morgan fingerprint density at radius 2 is 1.68 bits per heavy atom. The van der Waals surface area contributed by atoms with E-state index in [1.165, 1.54) is 0 Å². The van der Waals surface area contributed by atoms with Gasteiger partial charge in [-0.15, -0.1) is 0 Å². The van der Waals surface area contributed by atoms with E-state index in [-0.39, 0.29) is 5.96 Å². The number of benzene rings is 2. The van der Waals surface area contributed by atoms with Gasteiger partial charge in [-0.2, -0.15) is 5.10 Å². The van der Waals surface area contributed by atoms with Crippen LogP contribution >= 0.6 is 0 Å². The van der Waals surface area contributed by atoms with Crippen LogP contribution in [0.2, 0.25) is 0 Å². The molecular weight excluding hydrogens is 350 g/mol. The number of nitrogens with zero attached hydrogens (tertiary/aromatic N) is 3. The van der Waals surface area contributed by atoms with Gasteiger partial charge >= 0.3 is 0 Å². The van der Waals surface area contributed by atoms with Crippen molar-refractivity contribution in [3.63, 3.8) is 0 Å². The molecule has 0 aliphatic carbocycles. The van der Waals surface area contributed by atoms with Crippen LogP contribution in [0, 0.1) is 0 Å². The summed E-state index contributed by atoms with van der Waals surface area (Å²) in [5.74, 6) is 1.05. The van der Waals surface area contributed by atoms with Gasteiger partial charge in [0, 0.05) is 24.2 Å². The van der Waals surface area contributed by atoms with Gasteiger partial charge in [0.05, 0.1) is 6.54 Å². The summed E-state index contributed by atoms with van der Waals surface area (Å²) in [6, 6.07) is 17.3. The number of carbonyl (C=O) groups excluding carboxylic acids is 1. The van der Waals surface area contributed by atoms with Gasteiger partial charge in [-0.1, -0.05) is 68.4 Å². The first-order valence-corrected chi connectivity index (χ1v) is 9.66. The first kappa shape index (κ1) is 21.2. The number of hydrazone groups is 1. The second-order valence-corrected chi connectivity index (χ2v) is 6.46. The van der Waals surface area contributed by atoms with E-state index in [0.717, 1.165) is 49.2 Å². The number of nitrogens with two attached hydrogens (primary N) is 1. The van der Waals surface area contributed by atoms with Crippen LogP contribution in [0.15, 0.2) is 64.7 Å². The maximum Gasteiger partial charge on any atom is 0.209 e. The highest BCUT2D eigenvalue weighted by Gasteiger charge is 2.13. The Balaban J connectivity index is 2.21. The summed E-state index contributed by atoms with van der Waals surface area (Å²) in [4.78, 5) is 17.5. The van der Waals surface area contributed by atoms with Gasteiger partial charge in [0.25, 0.3) is 0 Å². The first-order chi connectivity index (χ1) is 13.7. The Kier molecular flexibility index (Phi) is 8.72. The maximum atomic E-state index is 10.9.